The van der Waals surface area contributed by atoms with E-state index in [2.05, 4.69) is 11.6 Å². The third-order valence-electron chi connectivity index (χ3n) is 0.494. The second kappa shape index (κ2) is 8.00. The summed E-state index contributed by atoms with van der Waals surface area (Å²) in [4.78, 5) is 9.70. The number of carboxylic acids is 1. The highest BCUT2D eigenvalue weighted by molar-refractivity contribution is 6.31. The highest BCUT2D eigenvalue weighted by Gasteiger charge is 1.99. The van der Waals surface area contributed by atoms with Crippen LogP contribution in [-0.2, 0) is 4.79 Å². The number of hydrogen-bond donors (Lipinski definition) is 1. The molecule has 3 heteroatoms. The van der Waals surface area contributed by atoms with E-state index in [9.17, 15) is 4.79 Å². The van der Waals surface area contributed by atoms with Gasteiger partial charge in [0, 0.05) is 0 Å². The van der Waals surface area contributed by atoms with E-state index in [1.165, 1.54) is 0 Å². The third-order valence-corrected chi connectivity index (χ3v) is 0.494. The van der Waals surface area contributed by atoms with Gasteiger partial charge in [0.05, 0.1) is 5.92 Å². The molecule has 0 unspecified atom stereocenters. The van der Waals surface area contributed by atoms with Crippen molar-refractivity contribution in [2.75, 3.05) is 0 Å². The molecule has 0 heterocycles. The molecule has 0 aromatic heterocycles. The topological polar surface area (TPSA) is 37.3 Å². The molecule has 2 nitrogen and oxygen atoms in total. The Labute approximate surface area is 63.0 Å². The first-order valence-electron chi connectivity index (χ1n) is 3.03. The second-order valence-corrected chi connectivity index (χ2v) is 3.22. The summed E-state index contributed by atoms with van der Waals surface area (Å²) in [6.07, 6.45) is 0. The smallest absolute Gasteiger partial charge is 0.305 e. The van der Waals surface area contributed by atoms with Crippen LogP contribution in [0.15, 0.2) is 0 Å². The minimum atomic E-state index is -0.741. The first-order chi connectivity index (χ1) is 4.06. The molecule has 0 saturated carbocycles. The van der Waals surface area contributed by atoms with Gasteiger partial charge in [-0.3, -0.25) is 4.79 Å². The van der Waals surface area contributed by atoms with Crippen molar-refractivity contribution in [3.05, 3.63) is 0 Å². The Hall–Kier alpha value is 0.00247. The number of carbonyl (C=O) groups is 1. The predicted octanol–water partition coefficient (Wildman–Crippen LogP) is 1.51. The molecule has 0 aromatic rings. The number of aliphatic carboxylic acids is 1. The molecule has 1 N–H and O–H groups in total. The molecule has 0 rings (SSSR count). The Kier molecular flexibility index (Phi) is 10.5. The van der Waals surface area contributed by atoms with Gasteiger partial charge in [0.25, 0.3) is 0 Å². The number of carboxylic acid groups (broad SMARTS) is 1. The summed E-state index contributed by atoms with van der Waals surface area (Å²) in [6.45, 7) is 3.28. The first-order valence-corrected chi connectivity index (χ1v) is 5.34. The molecule has 0 aliphatic heterocycles. The predicted molar refractivity (Wildman–Crippen MR) is 40.0 cm³/mol. The van der Waals surface area contributed by atoms with Gasteiger partial charge in [-0.2, -0.15) is 0 Å². The van der Waals surface area contributed by atoms with E-state index >= 15 is 0 Å². The normalized spacial score (nSPS) is 7.67. The van der Waals surface area contributed by atoms with Crippen LogP contribution in [0.5, 0.6) is 0 Å². The summed E-state index contributed by atoms with van der Waals surface area (Å²) in [5, 5.41) is 7.99. The van der Waals surface area contributed by atoms with Crippen LogP contribution in [0.25, 0.3) is 0 Å². The molecular weight excluding hydrogens is 131 g/mol. The van der Waals surface area contributed by atoms with E-state index in [0.717, 1.165) is 15.2 Å². The van der Waals surface area contributed by atoms with Crippen molar-refractivity contribution in [3.63, 3.8) is 0 Å². The third kappa shape index (κ3) is 18.0. The fourth-order valence-corrected chi connectivity index (χ4v) is 0. The van der Waals surface area contributed by atoms with E-state index in [1.54, 1.807) is 13.8 Å². The van der Waals surface area contributed by atoms with Crippen LogP contribution in [0, 0.1) is 5.92 Å². The van der Waals surface area contributed by atoms with Gasteiger partial charge in [0.1, 0.15) is 0 Å². The van der Waals surface area contributed by atoms with E-state index in [0.29, 0.717) is 0 Å². The molecule has 9 heavy (non-hydrogen) atoms. The molecular formula is C6H14AlO2. The van der Waals surface area contributed by atoms with Gasteiger partial charge in [0.15, 0.2) is 15.2 Å². The lowest BCUT2D eigenvalue weighted by atomic mass is 10.2. The lowest BCUT2D eigenvalue weighted by Crippen LogP contribution is -2.03. The average molecular weight is 145 g/mol. The Morgan fingerprint density at radius 3 is 1.56 bits per heavy atom. The lowest BCUT2D eigenvalue weighted by molar-refractivity contribution is -0.140. The van der Waals surface area contributed by atoms with Crippen LogP contribution in [0.1, 0.15) is 13.8 Å². The lowest BCUT2D eigenvalue weighted by Gasteiger charge is -1.89. The zero-order chi connectivity index (χ0) is 7.86. The monoisotopic (exact) mass is 145 g/mol. The van der Waals surface area contributed by atoms with Crippen LogP contribution in [0.3, 0.4) is 0 Å². The Morgan fingerprint density at radius 1 is 1.44 bits per heavy atom. The van der Waals surface area contributed by atoms with Gasteiger partial charge in [-0.05, 0) is 0 Å². The fraction of sp³-hybridized carbons (Fsp3) is 0.833. The molecule has 0 atom stereocenters. The van der Waals surface area contributed by atoms with Gasteiger partial charge in [-0.1, -0.05) is 13.8 Å². The van der Waals surface area contributed by atoms with Gasteiger partial charge >= 0.3 is 5.97 Å². The molecule has 0 amide bonds. The van der Waals surface area contributed by atoms with E-state index < -0.39 is 5.97 Å². The zero-order valence-corrected chi connectivity index (χ0v) is 7.66. The molecule has 0 aliphatic carbocycles. The van der Waals surface area contributed by atoms with Crippen LogP contribution in [0.2, 0.25) is 11.6 Å². The summed E-state index contributed by atoms with van der Waals surface area (Å²) in [5.74, 6) is 3.44. The maximum absolute atomic E-state index is 9.70. The van der Waals surface area contributed by atoms with Crippen molar-refractivity contribution in [2.45, 2.75) is 25.4 Å². The van der Waals surface area contributed by atoms with Gasteiger partial charge in [0.2, 0.25) is 0 Å². The quantitative estimate of drug-likeness (QED) is 0.568. The summed E-state index contributed by atoms with van der Waals surface area (Å²) < 4.78 is 0. The molecule has 0 bridgehead atoms. The van der Waals surface area contributed by atoms with Crippen molar-refractivity contribution < 1.29 is 9.90 Å². The number of hydrogen-bond acceptors (Lipinski definition) is 1. The van der Waals surface area contributed by atoms with Crippen LogP contribution in [0.4, 0.5) is 0 Å². The minimum absolute atomic E-state index is 0.231. The maximum Gasteiger partial charge on any atom is 0.305 e. The minimum Gasteiger partial charge on any atom is -0.481 e. The first kappa shape index (κ1) is 11.8. The van der Waals surface area contributed by atoms with E-state index in [1.807, 2.05) is 0 Å². The highest BCUT2D eigenvalue weighted by Crippen LogP contribution is 1.87. The van der Waals surface area contributed by atoms with Crippen molar-refractivity contribution >= 4 is 21.2 Å². The molecule has 0 aromatic carbocycles. The molecule has 0 aliphatic rings. The zero-order valence-electron chi connectivity index (χ0n) is 6.51. The van der Waals surface area contributed by atoms with Crippen LogP contribution < -0.4 is 0 Å². The van der Waals surface area contributed by atoms with Gasteiger partial charge < -0.3 is 5.11 Å². The Bertz CT molecular complexity index is 71.5. The van der Waals surface area contributed by atoms with E-state index in [-0.39, 0.29) is 5.92 Å². The molecule has 53 valence electrons. The standard InChI is InChI=1S/C4H8O2.2CH3.Al/c1-3(2)4(5)6;;;/h3H,1-2H3,(H,5,6);2*1H3;. The summed E-state index contributed by atoms with van der Waals surface area (Å²) in [6, 6.07) is 0. The SMILES string of the molecule is CC(C)C(=O)O.[CH3][Al][CH3]. The van der Waals surface area contributed by atoms with E-state index in [4.69, 9.17) is 5.11 Å². The van der Waals surface area contributed by atoms with Crippen LogP contribution >= 0.6 is 0 Å². The van der Waals surface area contributed by atoms with Crippen molar-refractivity contribution in [1.82, 2.24) is 0 Å². The fourth-order valence-electron chi connectivity index (χ4n) is 0. The summed E-state index contributed by atoms with van der Waals surface area (Å²) in [5.41, 5.74) is 0. The van der Waals surface area contributed by atoms with Crippen molar-refractivity contribution in [2.24, 2.45) is 5.92 Å². The second-order valence-electron chi connectivity index (χ2n) is 2.07. The Balaban J connectivity index is 0. The van der Waals surface area contributed by atoms with Gasteiger partial charge in [-0.25, -0.2) is 0 Å². The summed E-state index contributed by atoms with van der Waals surface area (Å²) in [7, 11) is 0. The van der Waals surface area contributed by atoms with Crippen molar-refractivity contribution in [3.8, 4) is 0 Å². The van der Waals surface area contributed by atoms with Crippen LogP contribution in [-0.4, -0.2) is 26.3 Å². The van der Waals surface area contributed by atoms with Gasteiger partial charge in [-0.15, -0.1) is 11.6 Å². The molecule has 0 fully saturated rings. The summed E-state index contributed by atoms with van der Waals surface area (Å²) >= 11 is 0.750. The average Bonchev–Trinajstić information content (AvgIpc) is 1.68. The number of rotatable bonds is 1. The highest BCUT2D eigenvalue weighted by atomic mass is 27.1. The largest absolute Gasteiger partial charge is 0.481 e. The maximum atomic E-state index is 9.70. The molecule has 0 saturated heterocycles. The molecule has 0 spiro atoms. The van der Waals surface area contributed by atoms with Crippen molar-refractivity contribution in [1.29, 1.82) is 0 Å². The molecule has 1 radical (unpaired) electrons. The Morgan fingerprint density at radius 2 is 1.56 bits per heavy atom.